The number of nitrogens with zero attached hydrogens (tertiary/aromatic N) is 1. The van der Waals surface area contributed by atoms with Crippen LogP contribution in [-0.2, 0) is 11.3 Å². The van der Waals surface area contributed by atoms with E-state index in [4.69, 9.17) is 4.74 Å². The van der Waals surface area contributed by atoms with E-state index >= 15 is 0 Å². The summed E-state index contributed by atoms with van der Waals surface area (Å²) in [5.41, 5.74) is 0.839. The summed E-state index contributed by atoms with van der Waals surface area (Å²) in [6.07, 6.45) is 1.11. The van der Waals surface area contributed by atoms with E-state index in [2.05, 4.69) is 21.2 Å². The molecule has 0 saturated carbocycles. The zero-order valence-corrected chi connectivity index (χ0v) is 11.6. The lowest BCUT2D eigenvalue weighted by Gasteiger charge is -2.16. The molecule has 5 nitrogen and oxygen atoms in total. The third-order valence-corrected chi connectivity index (χ3v) is 3.66. The Bertz CT molecular complexity index is 453. The summed E-state index contributed by atoms with van der Waals surface area (Å²) in [5.74, 6) is 0. The highest BCUT2D eigenvalue weighted by molar-refractivity contribution is 9.10. The number of nitrogens with one attached hydrogen (secondary N) is 1. The molecular formula is C12H15BrN2O3. The molecule has 98 valence electrons. The minimum absolute atomic E-state index is 0.150. The highest BCUT2D eigenvalue weighted by atomic mass is 79.9. The lowest BCUT2D eigenvalue weighted by atomic mass is 10.1. The minimum atomic E-state index is -0.349. The molecule has 0 radical (unpaired) electrons. The number of rotatable bonds is 4. The third-order valence-electron chi connectivity index (χ3n) is 3.17. The Hall–Kier alpha value is -0.980. The molecule has 1 aliphatic heterocycles. The molecule has 2 atom stereocenters. The Morgan fingerprint density at radius 3 is 3.00 bits per heavy atom. The second-order valence-corrected chi connectivity index (χ2v) is 5.30. The molecule has 6 heteroatoms. The Morgan fingerprint density at radius 2 is 2.39 bits per heavy atom. The van der Waals surface area contributed by atoms with Gasteiger partial charge in [-0.25, -0.2) is 0 Å². The Balaban J connectivity index is 2.08. The van der Waals surface area contributed by atoms with E-state index in [0.717, 1.165) is 17.5 Å². The SMILES string of the molecule is CC1OCCC1NCc1cc(Br)ccc1[N+](=O)[O-]. The average molecular weight is 315 g/mol. The van der Waals surface area contributed by atoms with E-state index in [0.29, 0.717) is 12.1 Å². The molecule has 0 aromatic heterocycles. The van der Waals surface area contributed by atoms with Gasteiger partial charge in [-0.15, -0.1) is 0 Å². The van der Waals surface area contributed by atoms with Gasteiger partial charge in [0.15, 0.2) is 0 Å². The van der Waals surface area contributed by atoms with E-state index < -0.39 is 0 Å². The van der Waals surface area contributed by atoms with Crippen LogP contribution < -0.4 is 5.32 Å². The fraction of sp³-hybridized carbons (Fsp3) is 0.500. The van der Waals surface area contributed by atoms with Crippen molar-refractivity contribution in [2.75, 3.05) is 6.61 Å². The largest absolute Gasteiger partial charge is 0.377 e. The number of halogens is 1. The smallest absolute Gasteiger partial charge is 0.273 e. The van der Waals surface area contributed by atoms with Crippen LogP contribution in [0.2, 0.25) is 0 Å². The van der Waals surface area contributed by atoms with Crippen molar-refractivity contribution < 1.29 is 9.66 Å². The van der Waals surface area contributed by atoms with Crippen LogP contribution in [0.4, 0.5) is 5.69 Å². The summed E-state index contributed by atoms with van der Waals surface area (Å²) in [6, 6.07) is 5.26. The first-order chi connectivity index (χ1) is 8.58. The predicted molar refractivity (Wildman–Crippen MR) is 71.5 cm³/mol. The maximum Gasteiger partial charge on any atom is 0.273 e. The van der Waals surface area contributed by atoms with Crippen LogP contribution in [0.25, 0.3) is 0 Å². The summed E-state index contributed by atoms with van der Waals surface area (Å²) >= 11 is 3.34. The van der Waals surface area contributed by atoms with Gasteiger partial charge in [-0.1, -0.05) is 15.9 Å². The standard InChI is InChI=1S/C12H15BrN2O3/c1-8-11(4-5-18-8)14-7-9-6-10(13)2-3-12(9)15(16)17/h2-3,6,8,11,14H,4-5,7H2,1H3. The maximum absolute atomic E-state index is 10.9. The van der Waals surface area contributed by atoms with Crippen LogP contribution in [0.15, 0.2) is 22.7 Å². The van der Waals surface area contributed by atoms with Gasteiger partial charge in [0.05, 0.1) is 11.0 Å². The molecule has 1 saturated heterocycles. The van der Waals surface area contributed by atoms with Crippen molar-refractivity contribution >= 4 is 21.6 Å². The van der Waals surface area contributed by atoms with Gasteiger partial charge in [0.2, 0.25) is 0 Å². The van der Waals surface area contributed by atoms with Gasteiger partial charge >= 0.3 is 0 Å². The van der Waals surface area contributed by atoms with E-state index in [1.807, 2.05) is 6.92 Å². The van der Waals surface area contributed by atoms with Gasteiger partial charge < -0.3 is 10.1 Å². The normalized spacial score (nSPS) is 23.2. The molecule has 1 aromatic rings. The second kappa shape index (κ2) is 5.77. The zero-order valence-electron chi connectivity index (χ0n) is 10.1. The first kappa shape index (κ1) is 13.5. The summed E-state index contributed by atoms with van der Waals surface area (Å²) in [7, 11) is 0. The molecule has 0 bridgehead atoms. The summed E-state index contributed by atoms with van der Waals surface area (Å²) < 4.78 is 6.30. The van der Waals surface area contributed by atoms with Crippen molar-refractivity contribution in [3.05, 3.63) is 38.3 Å². The Morgan fingerprint density at radius 1 is 1.61 bits per heavy atom. The fourth-order valence-electron chi connectivity index (χ4n) is 2.11. The summed E-state index contributed by atoms with van der Waals surface area (Å²) in [6.45, 7) is 3.24. The molecular weight excluding hydrogens is 300 g/mol. The predicted octanol–water partition coefficient (Wildman–Crippen LogP) is 2.62. The maximum atomic E-state index is 10.9. The molecule has 1 aromatic carbocycles. The van der Waals surface area contributed by atoms with Gasteiger partial charge in [0.1, 0.15) is 0 Å². The van der Waals surface area contributed by atoms with E-state index in [-0.39, 0.29) is 22.8 Å². The van der Waals surface area contributed by atoms with Gasteiger partial charge in [-0.05, 0) is 25.5 Å². The van der Waals surface area contributed by atoms with Crippen LogP contribution in [0.5, 0.6) is 0 Å². The quantitative estimate of drug-likeness (QED) is 0.685. The van der Waals surface area contributed by atoms with Crippen LogP contribution >= 0.6 is 15.9 Å². The molecule has 1 fully saturated rings. The van der Waals surface area contributed by atoms with Crippen LogP contribution in [0, 0.1) is 10.1 Å². The van der Waals surface area contributed by atoms with Crippen molar-refractivity contribution in [2.45, 2.75) is 32.0 Å². The lowest BCUT2D eigenvalue weighted by Crippen LogP contribution is -2.34. The van der Waals surface area contributed by atoms with Gasteiger partial charge in [0.25, 0.3) is 5.69 Å². The molecule has 0 spiro atoms. The highest BCUT2D eigenvalue weighted by Crippen LogP contribution is 2.23. The monoisotopic (exact) mass is 314 g/mol. The van der Waals surface area contributed by atoms with E-state index in [1.165, 1.54) is 6.07 Å². The van der Waals surface area contributed by atoms with Crippen LogP contribution in [0.1, 0.15) is 18.9 Å². The van der Waals surface area contributed by atoms with Crippen molar-refractivity contribution in [3.8, 4) is 0 Å². The first-order valence-corrected chi connectivity index (χ1v) is 6.65. The first-order valence-electron chi connectivity index (χ1n) is 5.85. The molecule has 1 N–H and O–H groups in total. The third kappa shape index (κ3) is 3.07. The van der Waals surface area contributed by atoms with Gasteiger partial charge in [-0.2, -0.15) is 0 Å². The van der Waals surface area contributed by atoms with E-state index in [1.54, 1.807) is 12.1 Å². The minimum Gasteiger partial charge on any atom is -0.377 e. The van der Waals surface area contributed by atoms with Gasteiger partial charge in [0, 0.05) is 35.3 Å². The van der Waals surface area contributed by atoms with Crippen molar-refractivity contribution in [2.24, 2.45) is 0 Å². The molecule has 0 amide bonds. The molecule has 1 aliphatic rings. The number of hydrogen-bond acceptors (Lipinski definition) is 4. The Labute approximate surface area is 114 Å². The summed E-state index contributed by atoms with van der Waals surface area (Å²) in [5, 5.41) is 14.3. The number of hydrogen-bond donors (Lipinski definition) is 1. The lowest BCUT2D eigenvalue weighted by molar-refractivity contribution is -0.385. The molecule has 0 aliphatic carbocycles. The molecule has 2 rings (SSSR count). The molecule has 1 heterocycles. The number of nitro groups is 1. The van der Waals surface area contributed by atoms with Crippen molar-refractivity contribution in [1.29, 1.82) is 0 Å². The second-order valence-electron chi connectivity index (χ2n) is 4.38. The van der Waals surface area contributed by atoms with E-state index in [9.17, 15) is 10.1 Å². The van der Waals surface area contributed by atoms with Gasteiger partial charge in [-0.3, -0.25) is 10.1 Å². The fourth-order valence-corrected chi connectivity index (χ4v) is 2.52. The van der Waals surface area contributed by atoms with Crippen molar-refractivity contribution in [3.63, 3.8) is 0 Å². The van der Waals surface area contributed by atoms with Crippen LogP contribution in [-0.4, -0.2) is 23.7 Å². The molecule has 2 unspecified atom stereocenters. The highest BCUT2D eigenvalue weighted by Gasteiger charge is 2.24. The topological polar surface area (TPSA) is 64.4 Å². The average Bonchev–Trinajstić information content (AvgIpc) is 2.72. The number of nitro benzene ring substituents is 1. The Kier molecular flexibility index (Phi) is 4.31. The summed E-state index contributed by atoms with van der Waals surface area (Å²) in [4.78, 5) is 10.6. The van der Waals surface area contributed by atoms with Crippen LogP contribution in [0.3, 0.4) is 0 Å². The van der Waals surface area contributed by atoms with Crippen molar-refractivity contribution in [1.82, 2.24) is 5.32 Å². The zero-order chi connectivity index (χ0) is 13.1. The molecule has 18 heavy (non-hydrogen) atoms. The number of benzene rings is 1. The number of ether oxygens (including phenoxy) is 1.